The van der Waals surface area contributed by atoms with Crippen LogP contribution in [-0.2, 0) is 4.79 Å². The summed E-state index contributed by atoms with van der Waals surface area (Å²) in [5.74, 6) is 0.123. The van der Waals surface area contributed by atoms with Crippen LogP contribution in [0.3, 0.4) is 0 Å². The lowest BCUT2D eigenvalue weighted by molar-refractivity contribution is -0.118. The van der Waals surface area contributed by atoms with Crippen molar-refractivity contribution in [1.29, 1.82) is 0 Å². The molecule has 0 saturated carbocycles. The highest BCUT2D eigenvalue weighted by molar-refractivity contribution is 5.92. The number of carbonyl (C=O) groups is 1. The third-order valence-electron chi connectivity index (χ3n) is 3.18. The number of aromatic nitrogens is 2. The maximum absolute atomic E-state index is 11.9. The Morgan fingerprint density at radius 1 is 1.18 bits per heavy atom. The molecule has 22 heavy (non-hydrogen) atoms. The minimum Gasteiger partial charge on any atom is -0.466 e. The van der Waals surface area contributed by atoms with E-state index in [0.29, 0.717) is 5.88 Å². The first-order chi connectivity index (χ1) is 10.7. The van der Waals surface area contributed by atoms with Crippen LogP contribution < -0.4 is 10.1 Å². The summed E-state index contributed by atoms with van der Waals surface area (Å²) >= 11 is 0. The van der Waals surface area contributed by atoms with Crippen molar-refractivity contribution in [2.45, 2.75) is 6.92 Å². The van der Waals surface area contributed by atoms with E-state index in [4.69, 9.17) is 4.74 Å². The molecule has 0 bridgehead atoms. The Hall–Kier alpha value is -2.95. The van der Waals surface area contributed by atoms with Crippen LogP contribution in [0.15, 0.2) is 54.7 Å². The molecular formula is C17H15N3O2. The molecule has 1 heterocycles. The standard InChI is InChI=1S/C17H15N3O2/c1-12-5-4-7-14(9-12)19-16(21)11-22-17-15-8-3-2-6-13(15)10-18-20-17/h2-10H,11H2,1H3,(H,19,21). The van der Waals surface area contributed by atoms with E-state index in [2.05, 4.69) is 15.5 Å². The van der Waals surface area contributed by atoms with Crippen LogP contribution in [0.2, 0.25) is 0 Å². The topological polar surface area (TPSA) is 64.1 Å². The fourth-order valence-corrected chi connectivity index (χ4v) is 2.16. The first-order valence-electron chi connectivity index (χ1n) is 6.92. The normalized spacial score (nSPS) is 10.4. The number of ether oxygens (including phenoxy) is 1. The molecule has 0 aliphatic carbocycles. The first kappa shape index (κ1) is 14.0. The third kappa shape index (κ3) is 3.20. The van der Waals surface area contributed by atoms with Gasteiger partial charge in [0.2, 0.25) is 5.88 Å². The average molecular weight is 293 g/mol. The number of rotatable bonds is 4. The third-order valence-corrected chi connectivity index (χ3v) is 3.18. The Morgan fingerprint density at radius 2 is 2.05 bits per heavy atom. The van der Waals surface area contributed by atoms with Crippen molar-refractivity contribution in [1.82, 2.24) is 10.2 Å². The first-order valence-corrected chi connectivity index (χ1v) is 6.92. The molecule has 0 spiro atoms. The van der Waals surface area contributed by atoms with Crippen LogP contribution in [0.1, 0.15) is 5.56 Å². The highest BCUT2D eigenvalue weighted by Gasteiger charge is 2.08. The number of aryl methyl sites for hydroxylation is 1. The Labute approximate surface area is 127 Å². The van der Waals surface area contributed by atoms with Gasteiger partial charge in [-0.1, -0.05) is 30.3 Å². The summed E-state index contributed by atoms with van der Waals surface area (Å²) in [6, 6.07) is 15.2. The molecule has 2 aromatic carbocycles. The van der Waals surface area contributed by atoms with Crippen molar-refractivity contribution in [3.05, 3.63) is 60.3 Å². The highest BCUT2D eigenvalue weighted by Crippen LogP contribution is 2.21. The highest BCUT2D eigenvalue weighted by atomic mass is 16.5. The zero-order valence-corrected chi connectivity index (χ0v) is 12.1. The van der Waals surface area contributed by atoms with Crippen LogP contribution in [0.4, 0.5) is 5.69 Å². The fraction of sp³-hybridized carbons (Fsp3) is 0.118. The largest absolute Gasteiger partial charge is 0.466 e. The minimum atomic E-state index is -0.236. The maximum atomic E-state index is 11.9. The van der Waals surface area contributed by atoms with Gasteiger partial charge in [0.1, 0.15) is 0 Å². The summed E-state index contributed by atoms with van der Waals surface area (Å²) in [5.41, 5.74) is 1.83. The predicted octanol–water partition coefficient (Wildman–Crippen LogP) is 2.96. The quantitative estimate of drug-likeness (QED) is 0.803. The van der Waals surface area contributed by atoms with Crippen LogP contribution in [0.5, 0.6) is 5.88 Å². The summed E-state index contributed by atoms with van der Waals surface area (Å²) in [5, 5.41) is 12.4. The van der Waals surface area contributed by atoms with E-state index in [1.54, 1.807) is 6.20 Å². The van der Waals surface area contributed by atoms with Gasteiger partial charge >= 0.3 is 0 Å². The molecule has 1 amide bonds. The molecule has 3 rings (SSSR count). The van der Waals surface area contributed by atoms with Gasteiger partial charge in [0.05, 0.1) is 6.20 Å². The van der Waals surface area contributed by atoms with Gasteiger partial charge in [-0.05, 0) is 30.7 Å². The Bertz CT molecular complexity index is 812. The van der Waals surface area contributed by atoms with Crippen LogP contribution >= 0.6 is 0 Å². The Balaban J connectivity index is 1.68. The number of anilines is 1. The van der Waals surface area contributed by atoms with Gasteiger partial charge in [0, 0.05) is 16.5 Å². The molecule has 0 aliphatic rings. The van der Waals surface area contributed by atoms with Gasteiger partial charge in [0.15, 0.2) is 6.61 Å². The molecule has 0 radical (unpaired) electrons. The molecule has 0 atom stereocenters. The second-order valence-electron chi connectivity index (χ2n) is 4.94. The second kappa shape index (κ2) is 6.22. The Kier molecular flexibility index (Phi) is 3.96. The van der Waals surface area contributed by atoms with Crippen molar-refractivity contribution < 1.29 is 9.53 Å². The molecule has 0 unspecified atom stereocenters. The summed E-state index contributed by atoms with van der Waals surface area (Å²) in [6.07, 6.45) is 1.66. The van der Waals surface area contributed by atoms with E-state index >= 15 is 0 Å². The van der Waals surface area contributed by atoms with E-state index in [-0.39, 0.29) is 12.5 Å². The number of hydrogen-bond acceptors (Lipinski definition) is 4. The van der Waals surface area contributed by atoms with Crippen molar-refractivity contribution in [2.75, 3.05) is 11.9 Å². The fourth-order valence-electron chi connectivity index (χ4n) is 2.16. The van der Waals surface area contributed by atoms with Crippen molar-refractivity contribution >= 4 is 22.4 Å². The van der Waals surface area contributed by atoms with Gasteiger partial charge < -0.3 is 10.1 Å². The minimum absolute atomic E-state index is 0.114. The lowest BCUT2D eigenvalue weighted by Crippen LogP contribution is -2.20. The van der Waals surface area contributed by atoms with Crippen molar-refractivity contribution in [2.24, 2.45) is 0 Å². The summed E-state index contributed by atoms with van der Waals surface area (Å²) in [4.78, 5) is 11.9. The van der Waals surface area contributed by atoms with Gasteiger partial charge in [-0.15, -0.1) is 5.10 Å². The number of carbonyl (C=O) groups excluding carboxylic acids is 1. The van der Waals surface area contributed by atoms with Gasteiger partial charge in [-0.3, -0.25) is 4.79 Å². The molecule has 5 heteroatoms. The lowest BCUT2D eigenvalue weighted by Gasteiger charge is -2.08. The molecule has 0 fully saturated rings. The van der Waals surface area contributed by atoms with Gasteiger partial charge in [0.25, 0.3) is 5.91 Å². The maximum Gasteiger partial charge on any atom is 0.262 e. The molecular weight excluding hydrogens is 278 g/mol. The molecule has 1 N–H and O–H groups in total. The molecule has 5 nitrogen and oxygen atoms in total. The van der Waals surface area contributed by atoms with E-state index in [1.807, 2.05) is 55.5 Å². The molecule has 0 saturated heterocycles. The Morgan fingerprint density at radius 3 is 2.91 bits per heavy atom. The predicted molar refractivity (Wildman–Crippen MR) is 84.8 cm³/mol. The van der Waals surface area contributed by atoms with E-state index in [9.17, 15) is 4.79 Å². The van der Waals surface area contributed by atoms with Crippen LogP contribution in [-0.4, -0.2) is 22.7 Å². The van der Waals surface area contributed by atoms with E-state index < -0.39 is 0 Å². The zero-order valence-electron chi connectivity index (χ0n) is 12.1. The second-order valence-corrected chi connectivity index (χ2v) is 4.94. The lowest BCUT2D eigenvalue weighted by atomic mass is 10.2. The number of nitrogens with one attached hydrogen (secondary N) is 1. The zero-order chi connectivity index (χ0) is 15.4. The van der Waals surface area contributed by atoms with Gasteiger partial charge in [-0.25, -0.2) is 0 Å². The van der Waals surface area contributed by atoms with Gasteiger partial charge in [-0.2, -0.15) is 5.10 Å². The molecule has 110 valence electrons. The number of benzene rings is 2. The number of fused-ring (bicyclic) bond motifs is 1. The van der Waals surface area contributed by atoms with E-state index in [1.165, 1.54) is 0 Å². The number of nitrogens with zero attached hydrogens (tertiary/aromatic N) is 2. The smallest absolute Gasteiger partial charge is 0.262 e. The summed E-state index contributed by atoms with van der Waals surface area (Å²) < 4.78 is 5.50. The SMILES string of the molecule is Cc1cccc(NC(=O)COc2nncc3ccccc23)c1. The molecule has 3 aromatic rings. The summed E-state index contributed by atoms with van der Waals surface area (Å²) in [6.45, 7) is 1.86. The molecule has 0 aliphatic heterocycles. The average Bonchev–Trinajstić information content (AvgIpc) is 2.53. The monoisotopic (exact) mass is 293 g/mol. The van der Waals surface area contributed by atoms with Crippen molar-refractivity contribution in [3.8, 4) is 5.88 Å². The van der Waals surface area contributed by atoms with Crippen LogP contribution in [0.25, 0.3) is 10.8 Å². The van der Waals surface area contributed by atoms with E-state index in [0.717, 1.165) is 22.0 Å². The summed E-state index contributed by atoms with van der Waals surface area (Å²) in [7, 11) is 0. The molecule has 1 aromatic heterocycles. The number of amides is 1. The van der Waals surface area contributed by atoms with Crippen molar-refractivity contribution in [3.63, 3.8) is 0 Å². The van der Waals surface area contributed by atoms with Crippen LogP contribution in [0, 0.1) is 6.92 Å². The number of hydrogen-bond donors (Lipinski definition) is 1.